The van der Waals surface area contributed by atoms with Crippen LogP contribution in [0.2, 0.25) is 0 Å². The van der Waals surface area contributed by atoms with Gasteiger partial charge in [0.05, 0.1) is 19.1 Å². The molecule has 1 heterocycles. The highest BCUT2D eigenvalue weighted by atomic mass is 32.2. The molecule has 0 fully saturated rings. The number of rotatable bonds is 11. The van der Waals surface area contributed by atoms with E-state index in [4.69, 9.17) is 14.2 Å². The van der Waals surface area contributed by atoms with Crippen LogP contribution in [0, 0.1) is 5.92 Å². The number of anilines is 1. The molecule has 0 spiro atoms. The number of H-pyrrole nitrogens is 1. The molecule has 0 aliphatic carbocycles. The summed E-state index contributed by atoms with van der Waals surface area (Å²) < 4.78 is 43.4. The number of nitrogens with one attached hydrogen (secondary N) is 2. The van der Waals surface area contributed by atoms with E-state index in [0.717, 1.165) is 10.9 Å². The molecule has 0 unspecified atom stereocenters. The summed E-state index contributed by atoms with van der Waals surface area (Å²) in [4.78, 5) is 15.3. The first-order chi connectivity index (χ1) is 16.6. The molecule has 10 nitrogen and oxygen atoms in total. The molecule has 1 atom stereocenters. The Kier molecular flexibility index (Phi) is 8.60. The van der Waals surface area contributed by atoms with E-state index in [2.05, 4.69) is 10.3 Å². The largest absolute Gasteiger partial charge is 0.493 e. The third-order valence-electron chi connectivity index (χ3n) is 5.18. The Labute approximate surface area is 204 Å². The van der Waals surface area contributed by atoms with Crippen molar-refractivity contribution >= 4 is 32.7 Å². The molecule has 0 aliphatic rings. The van der Waals surface area contributed by atoms with E-state index in [1.807, 2.05) is 26.0 Å². The maximum absolute atomic E-state index is 13.3. The number of aromatic amines is 1. The van der Waals surface area contributed by atoms with E-state index in [1.54, 1.807) is 18.3 Å². The number of aliphatic hydroxyl groups excluding tert-OH is 1. The number of aromatic nitrogens is 1. The molecule has 3 rings (SSSR count). The normalized spacial score (nSPS) is 12.7. The van der Waals surface area contributed by atoms with Crippen molar-refractivity contribution in [2.24, 2.45) is 5.92 Å². The van der Waals surface area contributed by atoms with Crippen LogP contribution in [0.25, 0.3) is 10.9 Å². The molecule has 190 valence electrons. The van der Waals surface area contributed by atoms with Gasteiger partial charge in [0, 0.05) is 41.9 Å². The Morgan fingerprint density at radius 1 is 1.06 bits per heavy atom. The quantitative estimate of drug-likeness (QED) is 0.364. The average Bonchev–Trinajstić information content (AvgIpc) is 3.29. The van der Waals surface area contributed by atoms with E-state index in [1.165, 1.54) is 36.7 Å². The maximum atomic E-state index is 13.3. The second kappa shape index (κ2) is 11.4. The topological polar surface area (TPSA) is 130 Å². The predicted octanol–water partition coefficient (Wildman–Crippen LogP) is 3.44. The lowest BCUT2D eigenvalue weighted by Crippen LogP contribution is -2.41. The average molecular weight is 506 g/mol. The molecule has 0 saturated carbocycles. The summed E-state index contributed by atoms with van der Waals surface area (Å²) in [5.74, 6) is 0.665. The van der Waals surface area contributed by atoms with Gasteiger partial charge in [0.2, 0.25) is 10.0 Å². The van der Waals surface area contributed by atoms with Crippen molar-refractivity contribution in [3.05, 3.63) is 48.7 Å². The summed E-state index contributed by atoms with van der Waals surface area (Å²) in [5, 5.41) is 14.0. The van der Waals surface area contributed by atoms with Gasteiger partial charge in [0.1, 0.15) is 12.7 Å². The summed E-state index contributed by atoms with van der Waals surface area (Å²) in [5.41, 5.74) is 1.47. The maximum Gasteiger partial charge on any atom is 0.411 e. The minimum Gasteiger partial charge on any atom is -0.493 e. The Bertz CT molecular complexity index is 1260. The van der Waals surface area contributed by atoms with Gasteiger partial charge >= 0.3 is 6.09 Å². The first-order valence-electron chi connectivity index (χ1n) is 11.0. The van der Waals surface area contributed by atoms with Gasteiger partial charge in [-0.25, -0.2) is 13.2 Å². The predicted molar refractivity (Wildman–Crippen MR) is 132 cm³/mol. The summed E-state index contributed by atoms with van der Waals surface area (Å²) in [6.45, 7) is 3.27. The van der Waals surface area contributed by atoms with Crippen molar-refractivity contribution in [1.82, 2.24) is 9.29 Å². The third kappa shape index (κ3) is 6.65. The minimum absolute atomic E-state index is 0.00168. The van der Waals surface area contributed by atoms with E-state index in [9.17, 15) is 18.3 Å². The number of carbonyl (C=O) groups is 1. The van der Waals surface area contributed by atoms with Crippen molar-refractivity contribution in [1.29, 1.82) is 0 Å². The van der Waals surface area contributed by atoms with Gasteiger partial charge in [-0.1, -0.05) is 13.8 Å². The van der Waals surface area contributed by atoms with Crippen molar-refractivity contribution < 1.29 is 32.5 Å². The highest BCUT2D eigenvalue weighted by Crippen LogP contribution is 2.31. The highest BCUT2D eigenvalue weighted by Gasteiger charge is 2.29. The van der Waals surface area contributed by atoms with E-state index >= 15 is 0 Å². The molecular formula is C24H31N3O7S. The van der Waals surface area contributed by atoms with Gasteiger partial charge in [-0.05, 0) is 42.3 Å². The summed E-state index contributed by atoms with van der Waals surface area (Å²) >= 11 is 0. The molecule has 2 aromatic carbocycles. The molecule has 0 aliphatic heterocycles. The molecule has 1 amide bonds. The second-order valence-corrected chi connectivity index (χ2v) is 10.3. The molecule has 1 aromatic heterocycles. The van der Waals surface area contributed by atoms with Crippen LogP contribution in [0.1, 0.15) is 13.8 Å². The number of fused-ring (bicyclic) bond motifs is 1. The third-order valence-corrected chi connectivity index (χ3v) is 7.01. The van der Waals surface area contributed by atoms with Crippen LogP contribution in [-0.4, -0.2) is 68.9 Å². The lowest BCUT2D eigenvalue weighted by atomic mass is 10.2. The van der Waals surface area contributed by atoms with Crippen molar-refractivity contribution in [2.45, 2.75) is 24.8 Å². The van der Waals surface area contributed by atoms with Gasteiger partial charge in [-0.3, -0.25) is 5.32 Å². The van der Waals surface area contributed by atoms with Crippen molar-refractivity contribution in [3.63, 3.8) is 0 Å². The molecular weight excluding hydrogens is 474 g/mol. The number of ether oxygens (including phenoxy) is 3. The van der Waals surface area contributed by atoms with Crippen molar-refractivity contribution in [3.8, 4) is 11.5 Å². The Hall–Kier alpha value is -3.28. The summed E-state index contributed by atoms with van der Waals surface area (Å²) in [7, 11) is -1.09. The monoisotopic (exact) mass is 505 g/mol. The van der Waals surface area contributed by atoms with Gasteiger partial charge in [-0.15, -0.1) is 0 Å². The fourth-order valence-electron chi connectivity index (χ4n) is 3.55. The van der Waals surface area contributed by atoms with Gasteiger partial charge in [0.25, 0.3) is 0 Å². The number of nitrogens with zero attached hydrogens (tertiary/aromatic N) is 1. The Morgan fingerprint density at radius 2 is 1.80 bits per heavy atom. The zero-order valence-corrected chi connectivity index (χ0v) is 21.0. The summed E-state index contributed by atoms with van der Waals surface area (Å²) in [6.07, 6.45) is -0.194. The SMILES string of the molecule is COc1ccc(S(=O)(=O)N(CC(C)C)C[C@@H](O)COC(=O)Nc2ccc3[nH]ccc3c2)cc1OC. The minimum atomic E-state index is -3.97. The lowest BCUT2D eigenvalue weighted by molar-refractivity contribution is 0.0620. The fourth-order valence-corrected chi connectivity index (χ4v) is 5.21. The molecule has 11 heteroatoms. The highest BCUT2D eigenvalue weighted by molar-refractivity contribution is 7.89. The van der Waals surface area contributed by atoms with Crippen LogP contribution < -0.4 is 14.8 Å². The standard InChI is InChI=1S/C24H31N3O7S/c1-16(2)13-27(35(30,31)20-6-8-22(32-3)23(12-20)33-4)14-19(28)15-34-24(29)26-18-5-7-21-17(11-18)9-10-25-21/h5-12,16,19,25,28H,13-15H2,1-4H3,(H,26,29)/t19-/m1/s1. The van der Waals surface area contributed by atoms with Gasteiger partial charge < -0.3 is 24.3 Å². The smallest absolute Gasteiger partial charge is 0.411 e. The van der Waals surface area contributed by atoms with Crippen LogP contribution in [0.3, 0.4) is 0 Å². The number of methoxy groups -OCH3 is 2. The molecule has 35 heavy (non-hydrogen) atoms. The number of aliphatic hydroxyl groups is 1. The van der Waals surface area contributed by atoms with Gasteiger partial charge in [0.15, 0.2) is 11.5 Å². The molecule has 3 N–H and O–H groups in total. The van der Waals surface area contributed by atoms with Gasteiger partial charge in [-0.2, -0.15) is 4.31 Å². The Morgan fingerprint density at radius 3 is 2.49 bits per heavy atom. The number of sulfonamides is 1. The van der Waals surface area contributed by atoms with Crippen LogP contribution in [-0.2, 0) is 14.8 Å². The Balaban J connectivity index is 1.65. The summed E-state index contributed by atoms with van der Waals surface area (Å²) in [6, 6.07) is 11.5. The number of amides is 1. The van der Waals surface area contributed by atoms with Crippen molar-refractivity contribution in [2.75, 3.05) is 39.2 Å². The number of benzene rings is 2. The zero-order chi connectivity index (χ0) is 25.6. The molecule has 0 radical (unpaired) electrons. The van der Waals surface area contributed by atoms with Crippen LogP contribution >= 0.6 is 0 Å². The lowest BCUT2D eigenvalue weighted by Gasteiger charge is -2.26. The van der Waals surface area contributed by atoms with Crippen LogP contribution in [0.5, 0.6) is 11.5 Å². The van der Waals surface area contributed by atoms with Crippen LogP contribution in [0.15, 0.2) is 53.6 Å². The van der Waals surface area contributed by atoms with E-state index < -0.39 is 22.2 Å². The number of carbonyl (C=O) groups excluding carboxylic acids is 1. The molecule has 0 saturated heterocycles. The van der Waals surface area contributed by atoms with E-state index in [0.29, 0.717) is 11.4 Å². The molecule has 0 bridgehead atoms. The molecule has 3 aromatic rings. The van der Waals surface area contributed by atoms with Crippen LogP contribution in [0.4, 0.5) is 10.5 Å². The second-order valence-electron chi connectivity index (χ2n) is 8.39. The zero-order valence-electron chi connectivity index (χ0n) is 20.1. The van der Waals surface area contributed by atoms with E-state index in [-0.39, 0.29) is 36.3 Å². The number of hydrogen-bond acceptors (Lipinski definition) is 7. The first kappa shape index (κ1) is 26.3. The fraction of sp³-hybridized carbons (Fsp3) is 0.375. The number of hydrogen-bond donors (Lipinski definition) is 3. The first-order valence-corrected chi connectivity index (χ1v) is 12.5.